The standard InChI is InChI=1S/C6H15ClN4/c7-5-6(10-2-1-8)11-4-3-9-5/h5-6,9-11H,1-4,8H2/t5-,6+/m0/s1. The van der Waals surface area contributed by atoms with Crippen LogP contribution in [-0.4, -0.2) is 37.8 Å². The molecule has 4 nitrogen and oxygen atoms in total. The van der Waals surface area contributed by atoms with Crippen molar-refractivity contribution in [2.45, 2.75) is 11.7 Å². The van der Waals surface area contributed by atoms with E-state index in [0.717, 1.165) is 19.6 Å². The molecule has 0 unspecified atom stereocenters. The summed E-state index contributed by atoms with van der Waals surface area (Å²) in [5.74, 6) is 0. The number of alkyl halides is 1. The normalized spacial score (nSPS) is 32.2. The molecule has 5 heteroatoms. The Labute approximate surface area is 71.9 Å². The fourth-order valence-electron chi connectivity index (χ4n) is 1.07. The fraction of sp³-hybridized carbons (Fsp3) is 1.00. The van der Waals surface area contributed by atoms with Crippen molar-refractivity contribution >= 4 is 11.6 Å². The third-order valence-electron chi connectivity index (χ3n) is 1.63. The molecule has 0 spiro atoms. The van der Waals surface area contributed by atoms with E-state index in [0.29, 0.717) is 6.54 Å². The van der Waals surface area contributed by atoms with Crippen molar-refractivity contribution in [2.75, 3.05) is 26.2 Å². The molecule has 0 aliphatic carbocycles. The maximum atomic E-state index is 5.94. The molecule has 0 amide bonds. The first-order valence-corrected chi connectivity index (χ1v) is 4.32. The van der Waals surface area contributed by atoms with E-state index in [2.05, 4.69) is 16.0 Å². The summed E-state index contributed by atoms with van der Waals surface area (Å²) in [7, 11) is 0. The van der Waals surface area contributed by atoms with E-state index in [-0.39, 0.29) is 11.7 Å². The van der Waals surface area contributed by atoms with Gasteiger partial charge in [0.1, 0.15) is 5.50 Å². The molecule has 1 rings (SSSR count). The highest BCUT2D eigenvalue weighted by atomic mass is 35.5. The van der Waals surface area contributed by atoms with Crippen molar-refractivity contribution < 1.29 is 0 Å². The molecule has 0 aromatic carbocycles. The molecular formula is C6H15ClN4. The quantitative estimate of drug-likeness (QED) is 0.318. The topological polar surface area (TPSA) is 62.1 Å². The van der Waals surface area contributed by atoms with Gasteiger partial charge in [0.2, 0.25) is 0 Å². The summed E-state index contributed by atoms with van der Waals surface area (Å²) in [4.78, 5) is 0. The molecule has 2 atom stereocenters. The number of halogens is 1. The SMILES string of the molecule is NCCN[C@@H]1NCCN[C@@H]1Cl. The minimum Gasteiger partial charge on any atom is -0.329 e. The average molecular weight is 179 g/mol. The Balaban J connectivity index is 2.18. The van der Waals surface area contributed by atoms with Crippen LogP contribution in [0.2, 0.25) is 0 Å². The maximum absolute atomic E-state index is 5.94. The summed E-state index contributed by atoms with van der Waals surface area (Å²) in [6.07, 6.45) is 0.147. The molecule has 0 aromatic rings. The largest absolute Gasteiger partial charge is 0.329 e. The van der Waals surface area contributed by atoms with Crippen molar-refractivity contribution in [1.82, 2.24) is 16.0 Å². The molecule has 1 aliphatic heterocycles. The van der Waals surface area contributed by atoms with Crippen LogP contribution in [0.4, 0.5) is 0 Å². The van der Waals surface area contributed by atoms with Crippen molar-refractivity contribution in [3.8, 4) is 0 Å². The van der Waals surface area contributed by atoms with Crippen LogP contribution >= 0.6 is 11.6 Å². The van der Waals surface area contributed by atoms with E-state index >= 15 is 0 Å². The highest BCUT2D eigenvalue weighted by Crippen LogP contribution is 1.98. The van der Waals surface area contributed by atoms with E-state index in [1.807, 2.05) is 0 Å². The minimum atomic E-state index is -0.0321. The van der Waals surface area contributed by atoms with E-state index in [1.165, 1.54) is 0 Å². The zero-order chi connectivity index (χ0) is 8.10. The second-order valence-electron chi connectivity index (χ2n) is 2.53. The monoisotopic (exact) mass is 178 g/mol. The Kier molecular flexibility index (Phi) is 4.11. The van der Waals surface area contributed by atoms with Gasteiger partial charge in [0.05, 0.1) is 6.17 Å². The van der Waals surface area contributed by atoms with Crippen LogP contribution in [0.15, 0.2) is 0 Å². The van der Waals surface area contributed by atoms with Gasteiger partial charge in [-0.05, 0) is 0 Å². The minimum absolute atomic E-state index is 0.0321. The third kappa shape index (κ3) is 2.92. The van der Waals surface area contributed by atoms with Crippen LogP contribution in [0, 0.1) is 0 Å². The van der Waals surface area contributed by atoms with Gasteiger partial charge in [-0.2, -0.15) is 0 Å². The number of nitrogens with two attached hydrogens (primary N) is 1. The van der Waals surface area contributed by atoms with Gasteiger partial charge < -0.3 is 5.73 Å². The van der Waals surface area contributed by atoms with Gasteiger partial charge in [-0.25, -0.2) is 0 Å². The molecule has 0 bridgehead atoms. The molecule has 11 heavy (non-hydrogen) atoms. The first-order chi connectivity index (χ1) is 5.34. The first kappa shape index (κ1) is 9.22. The maximum Gasteiger partial charge on any atom is 0.111 e. The highest BCUT2D eigenvalue weighted by Gasteiger charge is 2.20. The number of rotatable bonds is 3. The molecule has 66 valence electrons. The van der Waals surface area contributed by atoms with Crippen LogP contribution < -0.4 is 21.7 Å². The molecule has 5 N–H and O–H groups in total. The Bertz CT molecular complexity index is 111. The Morgan fingerprint density at radius 1 is 1.45 bits per heavy atom. The van der Waals surface area contributed by atoms with E-state index in [9.17, 15) is 0 Å². The second kappa shape index (κ2) is 4.90. The lowest BCUT2D eigenvalue weighted by Crippen LogP contribution is -2.60. The molecule has 1 aliphatic rings. The fourth-order valence-corrected chi connectivity index (χ4v) is 1.36. The Morgan fingerprint density at radius 2 is 2.18 bits per heavy atom. The van der Waals surface area contributed by atoms with E-state index in [1.54, 1.807) is 0 Å². The van der Waals surface area contributed by atoms with Gasteiger partial charge >= 0.3 is 0 Å². The van der Waals surface area contributed by atoms with Gasteiger partial charge in [0, 0.05) is 26.2 Å². The molecule has 0 saturated carbocycles. The van der Waals surface area contributed by atoms with Crippen LogP contribution in [0.3, 0.4) is 0 Å². The summed E-state index contributed by atoms with van der Waals surface area (Å²) in [6, 6.07) is 0. The van der Waals surface area contributed by atoms with Crippen molar-refractivity contribution in [2.24, 2.45) is 5.73 Å². The van der Waals surface area contributed by atoms with Crippen LogP contribution in [-0.2, 0) is 0 Å². The van der Waals surface area contributed by atoms with Gasteiger partial charge in [0.15, 0.2) is 0 Å². The van der Waals surface area contributed by atoms with Crippen molar-refractivity contribution in [3.63, 3.8) is 0 Å². The molecular weight excluding hydrogens is 164 g/mol. The molecule has 1 heterocycles. The lowest BCUT2D eigenvalue weighted by atomic mass is 10.3. The van der Waals surface area contributed by atoms with E-state index in [4.69, 9.17) is 17.3 Å². The third-order valence-corrected chi connectivity index (χ3v) is 2.04. The summed E-state index contributed by atoms with van der Waals surface area (Å²) in [5, 5.41) is 9.57. The first-order valence-electron chi connectivity index (χ1n) is 3.89. The highest BCUT2D eigenvalue weighted by molar-refractivity contribution is 6.20. The van der Waals surface area contributed by atoms with Gasteiger partial charge in [-0.1, -0.05) is 0 Å². The Hall–Kier alpha value is 0.130. The van der Waals surface area contributed by atoms with Gasteiger partial charge in [-0.15, -0.1) is 11.6 Å². The number of nitrogens with one attached hydrogen (secondary N) is 3. The molecule has 0 aromatic heterocycles. The van der Waals surface area contributed by atoms with Gasteiger partial charge in [0.25, 0.3) is 0 Å². The second-order valence-corrected chi connectivity index (χ2v) is 3.00. The predicted molar refractivity (Wildman–Crippen MR) is 46.5 cm³/mol. The van der Waals surface area contributed by atoms with Crippen LogP contribution in [0.25, 0.3) is 0 Å². The molecule has 0 radical (unpaired) electrons. The average Bonchev–Trinajstić information content (AvgIpc) is 2.03. The summed E-state index contributed by atoms with van der Waals surface area (Å²) in [6.45, 7) is 3.31. The number of hydrogen-bond acceptors (Lipinski definition) is 4. The number of hydrogen-bond donors (Lipinski definition) is 4. The summed E-state index contributed by atoms with van der Waals surface area (Å²) >= 11 is 5.94. The molecule has 1 fully saturated rings. The lowest BCUT2D eigenvalue weighted by molar-refractivity contribution is 0.337. The predicted octanol–water partition coefficient (Wildman–Crippen LogP) is -1.38. The number of piperazine rings is 1. The molecule has 1 saturated heterocycles. The zero-order valence-electron chi connectivity index (χ0n) is 6.44. The summed E-state index contributed by atoms with van der Waals surface area (Å²) in [5.41, 5.74) is 5.31. The van der Waals surface area contributed by atoms with Crippen LogP contribution in [0.1, 0.15) is 0 Å². The summed E-state index contributed by atoms with van der Waals surface area (Å²) < 4.78 is 0. The zero-order valence-corrected chi connectivity index (χ0v) is 7.19. The van der Waals surface area contributed by atoms with Crippen LogP contribution in [0.5, 0.6) is 0 Å². The van der Waals surface area contributed by atoms with Gasteiger partial charge in [-0.3, -0.25) is 16.0 Å². The van der Waals surface area contributed by atoms with E-state index < -0.39 is 0 Å². The van der Waals surface area contributed by atoms with Crippen molar-refractivity contribution in [1.29, 1.82) is 0 Å². The lowest BCUT2D eigenvalue weighted by Gasteiger charge is -2.30. The van der Waals surface area contributed by atoms with Crippen molar-refractivity contribution in [3.05, 3.63) is 0 Å². The smallest absolute Gasteiger partial charge is 0.111 e. The Morgan fingerprint density at radius 3 is 2.82 bits per heavy atom.